The van der Waals surface area contributed by atoms with Gasteiger partial charge < -0.3 is 5.32 Å². The van der Waals surface area contributed by atoms with Crippen molar-refractivity contribution in [2.24, 2.45) is 5.92 Å². The number of nitro benzene ring substituents is 1. The van der Waals surface area contributed by atoms with Crippen molar-refractivity contribution in [3.05, 3.63) is 80.3 Å². The molecule has 4 rings (SSSR count). The van der Waals surface area contributed by atoms with E-state index < -0.39 is 0 Å². The summed E-state index contributed by atoms with van der Waals surface area (Å²) in [5.74, 6) is 0.630. The van der Waals surface area contributed by atoms with Crippen LogP contribution in [0.3, 0.4) is 0 Å². The molecule has 4 nitrogen and oxygen atoms in total. The monoisotopic (exact) mass is 370 g/mol. The Hall–Kier alpha value is -2.14. The number of rotatable bonds is 2. The predicted octanol–water partition coefficient (Wildman–Crippen LogP) is 5.18. The summed E-state index contributed by atoms with van der Waals surface area (Å²) < 4.78 is 1.06. The van der Waals surface area contributed by atoms with Gasteiger partial charge in [-0.2, -0.15) is 0 Å². The number of hydrogen-bond donors (Lipinski definition) is 1. The summed E-state index contributed by atoms with van der Waals surface area (Å²) in [6.07, 6.45) is 5.37. The highest BCUT2D eigenvalue weighted by Gasteiger charge is 2.38. The van der Waals surface area contributed by atoms with Crippen LogP contribution in [0.2, 0.25) is 0 Å². The van der Waals surface area contributed by atoms with E-state index in [1.165, 1.54) is 5.56 Å². The zero-order valence-corrected chi connectivity index (χ0v) is 13.9. The van der Waals surface area contributed by atoms with Crippen LogP contribution in [0.1, 0.15) is 29.5 Å². The van der Waals surface area contributed by atoms with Gasteiger partial charge in [0.1, 0.15) is 0 Å². The molecular weight excluding hydrogens is 356 g/mol. The van der Waals surface area contributed by atoms with E-state index in [1.54, 1.807) is 12.1 Å². The van der Waals surface area contributed by atoms with Crippen molar-refractivity contribution in [3.63, 3.8) is 0 Å². The van der Waals surface area contributed by atoms with Crippen LogP contribution in [0.25, 0.3) is 0 Å². The second kappa shape index (κ2) is 5.49. The molecule has 0 bridgehead atoms. The van der Waals surface area contributed by atoms with E-state index in [9.17, 15) is 10.1 Å². The Balaban J connectivity index is 1.77. The second-order valence-corrected chi connectivity index (χ2v) is 6.97. The molecule has 1 heterocycles. The number of nitrogens with one attached hydrogen (secondary N) is 1. The summed E-state index contributed by atoms with van der Waals surface area (Å²) in [5.41, 5.74) is 3.44. The Morgan fingerprint density at radius 2 is 1.96 bits per heavy atom. The molecule has 0 aromatic heterocycles. The van der Waals surface area contributed by atoms with Crippen LogP contribution in [-0.4, -0.2) is 4.92 Å². The predicted molar refractivity (Wildman–Crippen MR) is 93.6 cm³/mol. The van der Waals surface area contributed by atoms with Crippen molar-refractivity contribution in [2.45, 2.75) is 18.4 Å². The minimum absolute atomic E-state index is 0.159. The molecule has 3 atom stereocenters. The molecule has 1 aliphatic heterocycles. The molecule has 0 saturated carbocycles. The molecule has 1 N–H and O–H groups in total. The maximum absolute atomic E-state index is 11.1. The number of hydrogen-bond acceptors (Lipinski definition) is 3. The van der Waals surface area contributed by atoms with Crippen LogP contribution in [0.4, 0.5) is 11.4 Å². The van der Waals surface area contributed by atoms with E-state index in [1.807, 2.05) is 6.07 Å². The highest BCUT2D eigenvalue weighted by Crippen LogP contribution is 2.50. The first-order valence-electron chi connectivity index (χ1n) is 7.60. The summed E-state index contributed by atoms with van der Waals surface area (Å²) in [6, 6.07) is 13.7. The zero-order chi connectivity index (χ0) is 16.0. The normalized spacial score (nSPS) is 24.7. The summed E-state index contributed by atoms with van der Waals surface area (Å²) in [7, 11) is 0. The molecule has 2 aromatic carbocycles. The van der Waals surface area contributed by atoms with Gasteiger partial charge in [-0.05, 0) is 41.7 Å². The minimum Gasteiger partial charge on any atom is -0.378 e. The van der Waals surface area contributed by atoms with Crippen molar-refractivity contribution in [2.75, 3.05) is 5.32 Å². The highest BCUT2D eigenvalue weighted by atomic mass is 79.9. The van der Waals surface area contributed by atoms with E-state index in [0.29, 0.717) is 5.92 Å². The molecule has 23 heavy (non-hydrogen) atoms. The molecule has 2 aromatic rings. The van der Waals surface area contributed by atoms with Crippen molar-refractivity contribution in [1.82, 2.24) is 0 Å². The molecule has 116 valence electrons. The van der Waals surface area contributed by atoms with E-state index >= 15 is 0 Å². The van der Waals surface area contributed by atoms with E-state index in [4.69, 9.17) is 0 Å². The summed E-state index contributed by atoms with van der Waals surface area (Å²) in [5, 5.41) is 14.7. The lowest BCUT2D eigenvalue weighted by atomic mass is 9.77. The number of anilines is 1. The quantitative estimate of drug-likeness (QED) is 0.449. The highest BCUT2D eigenvalue weighted by molar-refractivity contribution is 9.10. The van der Waals surface area contributed by atoms with Gasteiger partial charge in [0.25, 0.3) is 5.69 Å². The number of benzene rings is 2. The molecular formula is C18H15BrN2O2. The van der Waals surface area contributed by atoms with Gasteiger partial charge in [0, 0.05) is 28.2 Å². The van der Waals surface area contributed by atoms with E-state index in [0.717, 1.165) is 22.1 Å². The maximum atomic E-state index is 11.1. The Labute approximate surface area is 142 Å². The first-order valence-corrected chi connectivity index (χ1v) is 8.40. The lowest BCUT2D eigenvalue weighted by Gasteiger charge is -2.37. The molecule has 0 fully saturated rings. The molecule has 1 aliphatic carbocycles. The third-order valence-electron chi connectivity index (χ3n) is 4.79. The summed E-state index contributed by atoms with van der Waals surface area (Å²) >= 11 is 3.48. The van der Waals surface area contributed by atoms with Crippen LogP contribution in [0.5, 0.6) is 0 Å². The summed E-state index contributed by atoms with van der Waals surface area (Å²) in [4.78, 5) is 10.7. The van der Waals surface area contributed by atoms with Gasteiger partial charge in [0.05, 0.1) is 11.0 Å². The van der Waals surface area contributed by atoms with Gasteiger partial charge in [-0.15, -0.1) is 0 Å². The molecule has 0 unspecified atom stereocenters. The molecule has 0 spiro atoms. The average Bonchev–Trinajstić information content (AvgIpc) is 3.04. The van der Waals surface area contributed by atoms with E-state index in [2.05, 4.69) is 57.7 Å². The van der Waals surface area contributed by atoms with Gasteiger partial charge in [0.15, 0.2) is 0 Å². The van der Waals surface area contributed by atoms with E-state index in [-0.39, 0.29) is 22.6 Å². The lowest BCUT2D eigenvalue weighted by Crippen LogP contribution is -2.29. The second-order valence-electron chi connectivity index (χ2n) is 6.06. The van der Waals surface area contributed by atoms with Crippen LogP contribution < -0.4 is 5.32 Å². The van der Waals surface area contributed by atoms with Crippen LogP contribution in [0, 0.1) is 16.0 Å². The van der Waals surface area contributed by atoms with Crippen molar-refractivity contribution >= 4 is 27.3 Å². The first-order chi connectivity index (χ1) is 11.1. The first kappa shape index (κ1) is 14.5. The maximum Gasteiger partial charge on any atom is 0.269 e. The number of non-ortho nitro benzene ring substituents is 1. The Morgan fingerprint density at radius 3 is 2.70 bits per heavy atom. The molecule has 0 radical (unpaired) electrons. The van der Waals surface area contributed by atoms with Crippen molar-refractivity contribution in [3.8, 4) is 0 Å². The number of nitro groups is 1. The fourth-order valence-corrected chi connectivity index (χ4v) is 3.96. The topological polar surface area (TPSA) is 55.2 Å². The van der Waals surface area contributed by atoms with Crippen molar-refractivity contribution in [1.29, 1.82) is 0 Å². The Bertz CT molecular complexity index is 801. The molecule has 0 amide bonds. The third kappa shape index (κ3) is 2.45. The summed E-state index contributed by atoms with van der Waals surface area (Å²) in [6.45, 7) is 0. The SMILES string of the molecule is O=[N+]([O-])c1ccc2c(c1)[C@H]1C=CC[C@@H]1[C@@H](c1ccc(Br)cc1)N2. The van der Waals surface area contributed by atoms with Gasteiger partial charge in [-0.1, -0.05) is 40.2 Å². The van der Waals surface area contributed by atoms with Crippen LogP contribution >= 0.6 is 15.9 Å². The number of allylic oxidation sites excluding steroid dienone is 2. The number of fused-ring (bicyclic) bond motifs is 3. The van der Waals surface area contributed by atoms with Gasteiger partial charge in [-0.25, -0.2) is 0 Å². The molecule has 5 heteroatoms. The fourth-order valence-electron chi connectivity index (χ4n) is 3.70. The molecule has 0 saturated heterocycles. The van der Waals surface area contributed by atoms with Crippen molar-refractivity contribution < 1.29 is 4.92 Å². The lowest BCUT2D eigenvalue weighted by molar-refractivity contribution is -0.384. The Kier molecular flexibility index (Phi) is 3.45. The third-order valence-corrected chi connectivity index (χ3v) is 5.31. The van der Waals surface area contributed by atoms with Gasteiger partial charge in [0.2, 0.25) is 0 Å². The minimum atomic E-state index is -0.325. The van der Waals surface area contributed by atoms with Gasteiger partial charge >= 0.3 is 0 Å². The largest absolute Gasteiger partial charge is 0.378 e. The fraction of sp³-hybridized carbons (Fsp3) is 0.222. The van der Waals surface area contributed by atoms with Crippen LogP contribution in [0.15, 0.2) is 59.1 Å². The average molecular weight is 371 g/mol. The molecule has 2 aliphatic rings. The zero-order valence-electron chi connectivity index (χ0n) is 12.3. The number of nitrogens with zero attached hydrogens (tertiary/aromatic N) is 1. The van der Waals surface area contributed by atoms with Crippen LogP contribution in [-0.2, 0) is 0 Å². The smallest absolute Gasteiger partial charge is 0.269 e. The standard InChI is InChI=1S/C18H15BrN2O2/c19-12-6-4-11(5-7-12)18-15-3-1-2-14(15)16-10-13(21(22)23)8-9-17(16)20-18/h1-2,4-10,14-15,18,20H,3H2/t14-,15-,18+/m0/s1. The Morgan fingerprint density at radius 1 is 1.17 bits per heavy atom. The van der Waals surface area contributed by atoms with Gasteiger partial charge in [-0.3, -0.25) is 10.1 Å². The number of halogens is 1.